The van der Waals surface area contributed by atoms with E-state index in [1.165, 1.54) is 11.1 Å². The quantitative estimate of drug-likeness (QED) is 0.458. The van der Waals surface area contributed by atoms with Crippen LogP contribution in [-0.2, 0) is 0 Å². The van der Waals surface area contributed by atoms with E-state index in [-0.39, 0.29) is 6.61 Å². The van der Waals surface area contributed by atoms with Crippen LogP contribution in [0.4, 0.5) is 0 Å². The molecular formula is C9H16OS. The van der Waals surface area contributed by atoms with Crippen molar-refractivity contribution in [3.63, 3.8) is 0 Å². The van der Waals surface area contributed by atoms with Crippen molar-refractivity contribution in [1.82, 2.24) is 0 Å². The van der Waals surface area contributed by atoms with E-state index >= 15 is 0 Å². The van der Waals surface area contributed by atoms with Crippen LogP contribution < -0.4 is 0 Å². The van der Waals surface area contributed by atoms with E-state index < -0.39 is 0 Å². The molecule has 1 aliphatic rings. The molecule has 0 heterocycles. The van der Waals surface area contributed by atoms with E-state index in [0.29, 0.717) is 11.2 Å². The zero-order valence-electron chi connectivity index (χ0n) is 7.17. The molecule has 64 valence electrons. The Bertz CT molecular complexity index is 174. The molecule has 0 fully saturated rings. The predicted octanol–water partition coefficient (Wildman–Crippen LogP) is 2.02. The molecule has 1 nitrogen and oxygen atoms in total. The summed E-state index contributed by atoms with van der Waals surface area (Å²) < 4.78 is 0. The Morgan fingerprint density at radius 3 is 2.45 bits per heavy atom. The highest BCUT2D eigenvalue weighted by molar-refractivity contribution is 7.81. The van der Waals surface area contributed by atoms with Crippen molar-refractivity contribution in [1.29, 1.82) is 0 Å². The lowest BCUT2D eigenvalue weighted by Gasteiger charge is -2.28. The molecule has 0 spiro atoms. The third-order valence-corrected chi connectivity index (χ3v) is 3.20. The lowest BCUT2D eigenvalue weighted by atomic mass is 9.85. The summed E-state index contributed by atoms with van der Waals surface area (Å²) in [5.41, 5.74) is 2.89. The van der Waals surface area contributed by atoms with Crippen LogP contribution in [0.5, 0.6) is 0 Å². The number of hydrogen-bond donors (Lipinski definition) is 2. The Hall–Kier alpha value is 0.0500. The predicted molar refractivity (Wildman–Crippen MR) is 51.0 cm³/mol. The summed E-state index contributed by atoms with van der Waals surface area (Å²) in [6.45, 7) is 4.59. The molecule has 1 N–H and O–H groups in total. The molecule has 0 aromatic rings. The molecule has 1 rings (SSSR count). The van der Waals surface area contributed by atoms with Gasteiger partial charge in [0.1, 0.15) is 0 Å². The standard InChI is InChI=1S/C9H16OS/c1-6-3-8(5-10)9(11)4-7(6)2/h8-11H,3-5H2,1-2H3/t8-,9+/m1/s1. The van der Waals surface area contributed by atoms with Gasteiger partial charge in [0.15, 0.2) is 0 Å². The minimum Gasteiger partial charge on any atom is -0.396 e. The highest BCUT2D eigenvalue weighted by Gasteiger charge is 2.23. The third-order valence-electron chi connectivity index (χ3n) is 2.59. The van der Waals surface area contributed by atoms with Gasteiger partial charge in [-0.05, 0) is 32.6 Å². The molecule has 0 saturated carbocycles. The Balaban J connectivity index is 2.67. The molecule has 0 radical (unpaired) electrons. The maximum Gasteiger partial charge on any atom is 0.0472 e. The van der Waals surface area contributed by atoms with Gasteiger partial charge in [0.05, 0.1) is 0 Å². The van der Waals surface area contributed by atoms with Gasteiger partial charge in [-0.15, -0.1) is 0 Å². The zero-order valence-corrected chi connectivity index (χ0v) is 8.06. The van der Waals surface area contributed by atoms with Crippen molar-refractivity contribution in [2.75, 3.05) is 6.61 Å². The number of rotatable bonds is 1. The third kappa shape index (κ3) is 2.00. The largest absolute Gasteiger partial charge is 0.396 e. The number of thiol groups is 1. The molecule has 1 aliphatic carbocycles. The molecule has 0 amide bonds. The first kappa shape index (κ1) is 9.14. The van der Waals surface area contributed by atoms with E-state index in [0.717, 1.165) is 12.8 Å². The van der Waals surface area contributed by atoms with Crippen LogP contribution in [0.3, 0.4) is 0 Å². The zero-order chi connectivity index (χ0) is 8.43. The summed E-state index contributed by atoms with van der Waals surface area (Å²) in [5, 5.41) is 9.36. The Morgan fingerprint density at radius 1 is 1.36 bits per heavy atom. The average Bonchev–Trinajstić information content (AvgIpc) is 1.97. The average molecular weight is 172 g/mol. The van der Waals surface area contributed by atoms with E-state index in [4.69, 9.17) is 5.11 Å². The topological polar surface area (TPSA) is 20.2 Å². The molecule has 0 unspecified atom stereocenters. The van der Waals surface area contributed by atoms with Crippen LogP contribution in [0.25, 0.3) is 0 Å². The van der Waals surface area contributed by atoms with Gasteiger partial charge < -0.3 is 5.11 Å². The van der Waals surface area contributed by atoms with Gasteiger partial charge >= 0.3 is 0 Å². The second kappa shape index (κ2) is 3.63. The number of allylic oxidation sites excluding steroid dienone is 2. The summed E-state index contributed by atoms with van der Waals surface area (Å²) in [6, 6.07) is 0. The van der Waals surface area contributed by atoms with Crippen molar-refractivity contribution in [2.24, 2.45) is 5.92 Å². The molecule has 11 heavy (non-hydrogen) atoms. The van der Waals surface area contributed by atoms with Crippen LogP contribution in [0.1, 0.15) is 26.7 Å². The fourth-order valence-electron chi connectivity index (χ4n) is 1.54. The lowest BCUT2D eigenvalue weighted by molar-refractivity contribution is 0.218. The summed E-state index contributed by atoms with van der Waals surface area (Å²) in [7, 11) is 0. The fraction of sp³-hybridized carbons (Fsp3) is 0.778. The first-order valence-electron chi connectivity index (χ1n) is 4.09. The van der Waals surface area contributed by atoms with Crippen LogP contribution in [-0.4, -0.2) is 17.0 Å². The Kier molecular flexibility index (Phi) is 3.02. The van der Waals surface area contributed by atoms with Gasteiger partial charge in [0.25, 0.3) is 0 Å². The van der Waals surface area contributed by atoms with Gasteiger partial charge in [-0.3, -0.25) is 0 Å². The number of aliphatic hydroxyl groups is 1. The number of hydrogen-bond acceptors (Lipinski definition) is 2. The number of aliphatic hydroxyl groups excluding tert-OH is 1. The summed E-state index contributed by atoms with van der Waals surface area (Å²) >= 11 is 4.44. The lowest BCUT2D eigenvalue weighted by Crippen LogP contribution is -2.23. The first-order valence-corrected chi connectivity index (χ1v) is 4.61. The maximum absolute atomic E-state index is 8.99. The highest BCUT2D eigenvalue weighted by atomic mass is 32.1. The van der Waals surface area contributed by atoms with Crippen molar-refractivity contribution in [3.8, 4) is 0 Å². The maximum atomic E-state index is 8.99. The van der Waals surface area contributed by atoms with E-state index in [1.807, 2.05) is 0 Å². The Morgan fingerprint density at radius 2 is 1.91 bits per heavy atom. The molecule has 0 aromatic carbocycles. The van der Waals surface area contributed by atoms with Crippen molar-refractivity contribution in [2.45, 2.75) is 31.9 Å². The first-order chi connectivity index (χ1) is 5.15. The van der Waals surface area contributed by atoms with E-state index in [2.05, 4.69) is 26.5 Å². The molecule has 0 aliphatic heterocycles. The summed E-state index contributed by atoms with van der Waals surface area (Å²) in [6.07, 6.45) is 2.07. The normalized spacial score (nSPS) is 32.7. The van der Waals surface area contributed by atoms with Gasteiger partial charge in [0.2, 0.25) is 0 Å². The van der Waals surface area contributed by atoms with E-state index in [9.17, 15) is 0 Å². The molecule has 2 heteroatoms. The van der Waals surface area contributed by atoms with Gasteiger partial charge in [-0.1, -0.05) is 11.1 Å². The van der Waals surface area contributed by atoms with E-state index in [1.54, 1.807) is 0 Å². The van der Waals surface area contributed by atoms with Gasteiger partial charge in [-0.25, -0.2) is 0 Å². The van der Waals surface area contributed by atoms with Crippen LogP contribution in [0, 0.1) is 5.92 Å². The molecule has 0 saturated heterocycles. The van der Waals surface area contributed by atoms with Crippen LogP contribution >= 0.6 is 12.6 Å². The smallest absolute Gasteiger partial charge is 0.0472 e. The molecule has 0 aromatic heterocycles. The fourth-order valence-corrected chi connectivity index (χ4v) is 2.02. The molecular weight excluding hydrogens is 156 g/mol. The SMILES string of the molecule is CC1=C(C)C[C@H](S)[C@@H](CO)C1. The second-order valence-electron chi connectivity index (χ2n) is 3.48. The monoisotopic (exact) mass is 172 g/mol. The van der Waals surface area contributed by atoms with Crippen LogP contribution in [0.2, 0.25) is 0 Å². The minimum absolute atomic E-state index is 0.277. The van der Waals surface area contributed by atoms with Crippen LogP contribution in [0.15, 0.2) is 11.1 Å². The Labute approximate surface area is 73.9 Å². The van der Waals surface area contributed by atoms with Crippen molar-refractivity contribution < 1.29 is 5.11 Å². The van der Waals surface area contributed by atoms with Crippen molar-refractivity contribution in [3.05, 3.63) is 11.1 Å². The summed E-state index contributed by atoms with van der Waals surface area (Å²) in [5.74, 6) is 0.377. The molecule has 2 atom stereocenters. The minimum atomic E-state index is 0.277. The van der Waals surface area contributed by atoms with Gasteiger partial charge in [0, 0.05) is 11.9 Å². The van der Waals surface area contributed by atoms with Crippen molar-refractivity contribution >= 4 is 12.6 Å². The summed E-state index contributed by atoms with van der Waals surface area (Å²) in [4.78, 5) is 0. The highest BCUT2D eigenvalue weighted by Crippen LogP contribution is 2.31. The second-order valence-corrected chi connectivity index (χ2v) is 4.14. The van der Waals surface area contributed by atoms with Gasteiger partial charge in [-0.2, -0.15) is 12.6 Å². The molecule has 0 bridgehead atoms.